The van der Waals surface area contributed by atoms with Crippen molar-refractivity contribution in [1.82, 2.24) is 14.9 Å². The zero-order chi connectivity index (χ0) is 19.4. The van der Waals surface area contributed by atoms with Crippen molar-refractivity contribution in [2.45, 2.75) is 6.18 Å². The molecule has 1 aliphatic rings. The van der Waals surface area contributed by atoms with E-state index >= 15 is 0 Å². The van der Waals surface area contributed by atoms with Gasteiger partial charge in [-0.1, -0.05) is 6.07 Å². The summed E-state index contributed by atoms with van der Waals surface area (Å²) >= 11 is 0. The number of anilines is 3. The highest BCUT2D eigenvalue weighted by Crippen LogP contribution is 2.30. The summed E-state index contributed by atoms with van der Waals surface area (Å²) in [7, 11) is 2.04. The third-order valence-corrected chi connectivity index (χ3v) is 4.17. The van der Waals surface area contributed by atoms with Crippen molar-refractivity contribution in [2.75, 3.05) is 48.8 Å². The minimum Gasteiger partial charge on any atom is -0.354 e. The predicted molar refractivity (Wildman–Crippen MR) is 95.8 cm³/mol. The molecule has 27 heavy (non-hydrogen) atoms. The van der Waals surface area contributed by atoms with Gasteiger partial charge in [0.25, 0.3) is 0 Å². The zero-order valence-electron chi connectivity index (χ0n) is 14.6. The second-order valence-electron chi connectivity index (χ2n) is 6.21. The highest BCUT2D eigenvalue weighted by atomic mass is 19.4. The SMILES string of the molecule is CN1CCN(c2cc(NC(=O)Nc3cccc(C(F)(F)F)c3)ncn2)CC1. The van der Waals surface area contributed by atoms with Crippen LogP contribution in [0.1, 0.15) is 5.56 Å². The van der Waals surface area contributed by atoms with Crippen molar-refractivity contribution >= 4 is 23.4 Å². The molecule has 2 N–H and O–H groups in total. The minimum atomic E-state index is -4.47. The van der Waals surface area contributed by atoms with E-state index in [1.54, 1.807) is 6.07 Å². The fraction of sp³-hybridized carbons (Fsp3) is 0.353. The van der Waals surface area contributed by atoms with E-state index in [9.17, 15) is 18.0 Å². The third kappa shape index (κ3) is 5.07. The van der Waals surface area contributed by atoms with Crippen molar-refractivity contribution < 1.29 is 18.0 Å². The molecule has 3 rings (SSSR count). The largest absolute Gasteiger partial charge is 0.416 e. The van der Waals surface area contributed by atoms with Crippen molar-refractivity contribution in [3.05, 3.63) is 42.2 Å². The summed E-state index contributed by atoms with van der Waals surface area (Å²) < 4.78 is 38.2. The van der Waals surface area contributed by atoms with Crippen molar-refractivity contribution in [3.8, 4) is 0 Å². The van der Waals surface area contributed by atoms with Gasteiger partial charge in [-0.15, -0.1) is 0 Å². The van der Waals surface area contributed by atoms with Crippen LogP contribution in [0.5, 0.6) is 0 Å². The van der Waals surface area contributed by atoms with Crippen molar-refractivity contribution in [2.24, 2.45) is 0 Å². The number of aromatic nitrogens is 2. The van der Waals surface area contributed by atoms with Gasteiger partial charge in [0.15, 0.2) is 0 Å². The number of hydrogen-bond donors (Lipinski definition) is 2. The molecule has 1 saturated heterocycles. The second kappa shape index (κ2) is 7.78. The van der Waals surface area contributed by atoms with Crippen LogP contribution in [-0.2, 0) is 6.18 Å². The monoisotopic (exact) mass is 380 g/mol. The summed E-state index contributed by atoms with van der Waals surface area (Å²) in [4.78, 5) is 24.6. The van der Waals surface area contributed by atoms with Crippen LogP contribution in [0.2, 0.25) is 0 Å². The highest BCUT2D eigenvalue weighted by Gasteiger charge is 2.30. The van der Waals surface area contributed by atoms with Crippen LogP contribution >= 0.6 is 0 Å². The number of piperazine rings is 1. The molecule has 1 fully saturated rings. The van der Waals surface area contributed by atoms with Crippen molar-refractivity contribution in [3.63, 3.8) is 0 Å². The van der Waals surface area contributed by atoms with Crippen LogP contribution in [-0.4, -0.2) is 54.1 Å². The van der Waals surface area contributed by atoms with Crippen molar-refractivity contribution in [1.29, 1.82) is 0 Å². The molecule has 1 aromatic heterocycles. The van der Waals surface area contributed by atoms with Crippen LogP contribution in [0.25, 0.3) is 0 Å². The minimum absolute atomic E-state index is 0.0377. The first-order valence-electron chi connectivity index (χ1n) is 8.32. The number of urea groups is 1. The molecule has 10 heteroatoms. The summed E-state index contributed by atoms with van der Waals surface area (Å²) in [5, 5.41) is 4.89. The topological polar surface area (TPSA) is 73.4 Å². The molecular formula is C17H19F3N6O. The van der Waals surface area contributed by atoms with Gasteiger partial charge in [0.1, 0.15) is 18.0 Å². The summed E-state index contributed by atoms with van der Waals surface area (Å²) in [5.74, 6) is 0.955. The molecule has 2 heterocycles. The number of nitrogens with zero attached hydrogens (tertiary/aromatic N) is 4. The first-order valence-corrected chi connectivity index (χ1v) is 8.32. The van der Waals surface area contributed by atoms with E-state index in [2.05, 4.69) is 30.4 Å². The average molecular weight is 380 g/mol. The maximum atomic E-state index is 12.7. The Hall–Kier alpha value is -2.88. The maximum absolute atomic E-state index is 12.7. The first-order chi connectivity index (χ1) is 12.8. The van der Waals surface area contributed by atoms with Crippen LogP contribution in [0.3, 0.4) is 0 Å². The quantitative estimate of drug-likeness (QED) is 0.857. The predicted octanol–water partition coefficient (Wildman–Crippen LogP) is 2.89. The molecule has 0 saturated carbocycles. The molecule has 0 aliphatic carbocycles. The lowest BCUT2D eigenvalue weighted by Crippen LogP contribution is -2.44. The fourth-order valence-corrected chi connectivity index (χ4v) is 2.68. The number of likely N-dealkylation sites (N-methyl/N-ethyl adjacent to an activating group) is 1. The Kier molecular flexibility index (Phi) is 5.45. The lowest BCUT2D eigenvalue weighted by atomic mass is 10.2. The van der Waals surface area contributed by atoms with Gasteiger partial charge in [0.05, 0.1) is 5.56 Å². The Bertz CT molecular complexity index is 805. The van der Waals surface area contributed by atoms with Gasteiger partial charge in [-0.3, -0.25) is 5.32 Å². The number of hydrogen-bond acceptors (Lipinski definition) is 5. The molecule has 0 atom stereocenters. The van der Waals surface area contributed by atoms with Crippen LogP contribution < -0.4 is 15.5 Å². The smallest absolute Gasteiger partial charge is 0.354 e. The summed E-state index contributed by atoms with van der Waals surface area (Å²) in [6.45, 7) is 3.43. The Morgan fingerprint density at radius 1 is 1.07 bits per heavy atom. The van der Waals surface area contributed by atoms with E-state index in [0.29, 0.717) is 5.82 Å². The number of rotatable bonds is 3. The van der Waals surface area contributed by atoms with Crippen LogP contribution in [0, 0.1) is 0 Å². The molecule has 1 aromatic carbocycles. The number of carbonyl (C=O) groups excluding carboxylic acids is 1. The summed E-state index contributed by atoms with van der Waals surface area (Å²) in [6.07, 6.45) is -3.13. The normalized spacial score (nSPS) is 15.5. The Labute approximate surface area is 154 Å². The van der Waals surface area contributed by atoms with Gasteiger partial charge in [-0.05, 0) is 25.2 Å². The Morgan fingerprint density at radius 2 is 1.81 bits per heavy atom. The highest BCUT2D eigenvalue weighted by molar-refractivity contribution is 5.99. The lowest BCUT2D eigenvalue weighted by Gasteiger charge is -2.33. The molecule has 1 aliphatic heterocycles. The summed E-state index contributed by atoms with van der Waals surface area (Å²) in [5.41, 5.74) is -0.796. The van der Waals surface area contributed by atoms with E-state index in [1.807, 2.05) is 7.05 Å². The second-order valence-corrected chi connectivity index (χ2v) is 6.21. The fourth-order valence-electron chi connectivity index (χ4n) is 2.68. The molecule has 2 aromatic rings. The van der Waals surface area contributed by atoms with Crippen LogP contribution in [0.15, 0.2) is 36.7 Å². The van der Waals surface area contributed by atoms with Gasteiger partial charge in [0, 0.05) is 37.9 Å². The van der Waals surface area contributed by atoms with Gasteiger partial charge < -0.3 is 15.1 Å². The third-order valence-electron chi connectivity index (χ3n) is 4.17. The standard InChI is InChI=1S/C17H19F3N6O/c1-25-5-7-26(8-6-25)15-10-14(21-11-22-15)24-16(27)23-13-4-2-3-12(9-13)17(18,19)20/h2-4,9-11H,5-8H2,1H3,(H2,21,22,23,24,27). The molecule has 7 nitrogen and oxygen atoms in total. The van der Waals surface area contributed by atoms with E-state index in [1.165, 1.54) is 18.5 Å². The van der Waals surface area contributed by atoms with E-state index in [-0.39, 0.29) is 11.5 Å². The number of carbonyl (C=O) groups is 1. The maximum Gasteiger partial charge on any atom is 0.416 e. The molecule has 0 spiro atoms. The van der Waals surface area contributed by atoms with E-state index in [4.69, 9.17) is 0 Å². The lowest BCUT2D eigenvalue weighted by molar-refractivity contribution is -0.137. The van der Waals surface area contributed by atoms with Gasteiger partial charge in [-0.2, -0.15) is 13.2 Å². The average Bonchev–Trinajstić information content (AvgIpc) is 2.62. The number of benzene rings is 1. The number of nitrogens with one attached hydrogen (secondary N) is 2. The van der Waals surface area contributed by atoms with Gasteiger partial charge >= 0.3 is 12.2 Å². The van der Waals surface area contributed by atoms with Crippen LogP contribution in [0.4, 0.5) is 35.3 Å². The van der Waals surface area contributed by atoms with E-state index < -0.39 is 17.8 Å². The Balaban J connectivity index is 1.64. The van der Waals surface area contributed by atoms with Gasteiger partial charge in [0.2, 0.25) is 0 Å². The molecule has 144 valence electrons. The molecule has 2 amide bonds. The van der Waals surface area contributed by atoms with E-state index in [0.717, 1.165) is 38.3 Å². The summed E-state index contributed by atoms with van der Waals surface area (Å²) in [6, 6.07) is 5.37. The number of amides is 2. The number of alkyl halides is 3. The molecule has 0 unspecified atom stereocenters. The zero-order valence-corrected chi connectivity index (χ0v) is 14.6. The number of halogens is 3. The first kappa shape index (κ1) is 18.9. The van der Waals surface area contributed by atoms with Gasteiger partial charge in [-0.25, -0.2) is 14.8 Å². The Morgan fingerprint density at radius 3 is 2.52 bits per heavy atom. The molecule has 0 radical (unpaired) electrons. The molecular weight excluding hydrogens is 361 g/mol. The molecule has 0 bridgehead atoms.